The van der Waals surface area contributed by atoms with Crippen LogP contribution in [0, 0.1) is 5.92 Å². The highest BCUT2D eigenvalue weighted by Crippen LogP contribution is 2.65. The van der Waals surface area contributed by atoms with E-state index in [0.717, 1.165) is 7.05 Å². The van der Waals surface area contributed by atoms with Crippen LogP contribution in [-0.2, 0) is 16.0 Å². The minimum Gasteiger partial charge on any atom is -0.326 e. The zero-order valence-electron chi connectivity index (χ0n) is 20.3. The molecule has 0 bridgehead atoms. The number of carbonyl (C=O) groups is 3. The Bertz CT molecular complexity index is 1480. The quantitative estimate of drug-likeness (QED) is 0.207. The third-order valence-electron chi connectivity index (χ3n) is 6.35. The number of nitrogens with one attached hydrogen (secondary N) is 1. The fourth-order valence-electron chi connectivity index (χ4n) is 4.28. The topological polar surface area (TPSA) is 66.5 Å². The molecule has 1 aliphatic rings. The van der Waals surface area contributed by atoms with Crippen molar-refractivity contribution in [2.45, 2.75) is 22.8 Å². The first kappa shape index (κ1) is 30.5. The molecule has 2 unspecified atom stereocenters. The predicted octanol–water partition coefficient (Wildman–Crippen LogP) is 8.12. The van der Waals surface area contributed by atoms with Crippen LogP contribution >= 0.6 is 58.0 Å². The van der Waals surface area contributed by atoms with Crippen LogP contribution in [0.25, 0.3) is 0 Å². The molecule has 0 spiro atoms. The largest absolute Gasteiger partial charge is 0.471 e. The van der Waals surface area contributed by atoms with Crippen molar-refractivity contribution < 1.29 is 27.6 Å². The van der Waals surface area contributed by atoms with Crippen molar-refractivity contribution in [1.82, 2.24) is 0 Å². The van der Waals surface area contributed by atoms with Crippen LogP contribution < -0.4 is 10.2 Å². The van der Waals surface area contributed by atoms with Crippen LogP contribution in [0.5, 0.6) is 0 Å². The summed E-state index contributed by atoms with van der Waals surface area (Å²) in [6.07, 6.45) is -5.15. The number of alkyl halides is 5. The summed E-state index contributed by atoms with van der Waals surface area (Å²) in [5.41, 5.74) is 1.48. The smallest absolute Gasteiger partial charge is 0.326 e. The summed E-state index contributed by atoms with van der Waals surface area (Å²) in [7, 11) is 1.00. The normalized spacial score (nSPS) is 17.7. The van der Waals surface area contributed by atoms with Crippen LogP contribution in [0.2, 0.25) is 15.1 Å². The Labute approximate surface area is 252 Å². The number of hydrogen-bond acceptors (Lipinski definition) is 3. The number of hydrogen-bond donors (Lipinski definition) is 1. The lowest BCUT2D eigenvalue weighted by molar-refractivity contribution is -0.170. The third-order valence-corrected chi connectivity index (χ3v) is 8.06. The molecule has 210 valence electrons. The molecule has 0 aliphatic heterocycles. The summed E-state index contributed by atoms with van der Waals surface area (Å²) < 4.78 is 36.7. The summed E-state index contributed by atoms with van der Waals surface area (Å²) in [6.45, 7) is 0. The van der Waals surface area contributed by atoms with Gasteiger partial charge in [-0.05, 0) is 59.7 Å². The number of anilines is 2. The molecule has 0 heterocycles. The molecule has 1 fully saturated rings. The summed E-state index contributed by atoms with van der Waals surface area (Å²) in [4.78, 5) is 37.9. The first-order valence-electron chi connectivity index (χ1n) is 11.5. The van der Waals surface area contributed by atoms with E-state index in [1.807, 2.05) is 0 Å². The van der Waals surface area contributed by atoms with Gasteiger partial charge in [-0.3, -0.25) is 14.4 Å². The van der Waals surface area contributed by atoms with Gasteiger partial charge in [0.25, 0.3) is 0 Å². The van der Waals surface area contributed by atoms with Crippen molar-refractivity contribution in [3.05, 3.63) is 92.4 Å². The van der Waals surface area contributed by atoms with Gasteiger partial charge >= 0.3 is 12.1 Å². The van der Waals surface area contributed by atoms with Gasteiger partial charge in [0, 0.05) is 46.4 Å². The number of halogens is 8. The van der Waals surface area contributed by atoms with Crippen LogP contribution in [-0.4, -0.2) is 35.2 Å². The molecule has 0 aromatic heterocycles. The highest BCUT2D eigenvalue weighted by atomic mass is 35.5. The predicted molar refractivity (Wildman–Crippen MR) is 151 cm³/mol. The number of carbonyl (C=O) groups excluding carboxylic acids is 3. The Morgan fingerprint density at radius 2 is 1.52 bits per heavy atom. The Hall–Kier alpha value is -2.49. The summed E-state index contributed by atoms with van der Waals surface area (Å²) in [6, 6.07) is 14.6. The van der Waals surface area contributed by atoms with Gasteiger partial charge in [-0.1, -0.05) is 46.9 Å². The van der Waals surface area contributed by atoms with Gasteiger partial charge < -0.3 is 10.2 Å². The number of benzene rings is 3. The maximum atomic E-state index is 13.0. The molecule has 0 saturated heterocycles. The number of ketones is 1. The Morgan fingerprint density at radius 3 is 2.10 bits per heavy atom. The van der Waals surface area contributed by atoms with Gasteiger partial charge in [0.05, 0.1) is 10.9 Å². The van der Waals surface area contributed by atoms with E-state index in [-0.39, 0.29) is 28.4 Å². The van der Waals surface area contributed by atoms with Crippen molar-refractivity contribution in [2.24, 2.45) is 5.92 Å². The maximum Gasteiger partial charge on any atom is 0.471 e. The lowest BCUT2D eigenvalue weighted by atomic mass is 10.0. The monoisotopic (exact) mass is 650 g/mol. The SMILES string of the molecule is CN(C(=O)C(F)(F)F)c1ccc(CC(=O)c2cc(NC(=O)C3C(c4cc(Cl)cc(Cl)c4)C3(Cl)Cl)ccc2Cl)cc1. The number of rotatable bonds is 7. The average molecular weight is 653 g/mol. The molecule has 5 nitrogen and oxygen atoms in total. The van der Waals surface area contributed by atoms with E-state index in [1.165, 1.54) is 42.5 Å². The lowest BCUT2D eigenvalue weighted by Crippen LogP contribution is -2.38. The molecule has 3 aromatic carbocycles. The fraction of sp³-hybridized carbons (Fsp3) is 0.222. The van der Waals surface area contributed by atoms with Crippen LogP contribution in [0.4, 0.5) is 24.5 Å². The van der Waals surface area contributed by atoms with Crippen molar-refractivity contribution in [2.75, 3.05) is 17.3 Å². The highest BCUT2D eigenvalue weighted by Gasteiger charge is 2.67. The molecule has 2 amide bonds. The summed E-state index contributed by atoms with van der Waals surface area (Å²) >= 11 is 31.2. The van der Waals surface area contributed by atoms with Crippen LogP contribution in [0.15, 0.2) is 60.7 Å². The zero-order valence-corrected chi connectivity index (χ0v) is 24.1. The van der Waals surface area contributed by atoms with Gasteiger partial charge in [-0.25, -0.2) is 0 Å². The highest BCUT2D eigenvalue weighted by molar-refractivity contribution is 6.53. The maximum absolute atomic E-state index is 13.0. The summed E-state index contributed by atoms with van der Waals surface area (Å²) in [5.74, 6) is -4.29. The van der Waals surface area contributed by atoms with E-state index in [9.17, 15) is 27.6 Å². The molecule has 3 aromatic rings. The fourth-order valence-corrected chi connectivity index (χ4v) is 5.88. The first-order chi connectivity index (χ1) is 18.6. The van der Waals surface area contributed by atoms with Crippen LogP contribution in [0.3, 0.4) is 0 Å². The second-order valence-corrected chi connectivity index (χ2v) is 11.9. The van der Waals surface area contributed by atoms with E-state index in [2.05, 4.69) is 5.32 Å². The second-order valence-electron chi connectivity index (χ2n) is 9.14. The molecular formula is C27H18Cl5F3N2O3. The minimum atomic E-state index is -5.01. The molecule has 1 aliphatic carbocycles. The number of nitrogens with zero attached hydrogens (tertiary/aromatic N) is 1. The molecule has 4 rings (SSSR count). The Morgan fingerprint density at radius 1 is 0.925 bits per heavy atom. The van der Waals surface area contributed by atoms with E-state index in [4.69, 9.17) is 58.0 Å². The molecule has 1 N–H and O–H groups in total. The number of amides is 2. The van der Waals surface area contributed by atoms with Gasteiger partial charge in [-0.15, -0.1) is 23.2 Å². The van der Waals surface area contributed by atoms with Crippen molar-refractivity contribution in [1.29, 1.82) is 0 Å². The molecule has 40 heavy (non-hydrogen) atoms. The lowest BCUT2D eigenvalue weighted by Gasteiger charge is -2.19. The zero-order chi connectivity index (χ0) is 29.6. The minimum absolute atomic E-state index is 0.00866. The van der Waals surface area contributed by atoms with E-state index in [1.54, 1.807) is 18.2 Å². The van der Waals surface area contributed by atoms with Crippen LogP contribution in [0.1, 0.15) is 27.4 Å². The van der Waals surface area contributed by atoms with Gasteiger partial charge in [-0.2, -0.15) is 13.2 Å². The third kappa shape index (κ3) is 6.52. The molecule has 0 radical (unpaired) electrons. The molecule has 1 saturated carbocycles. The standard InChI is InChI=1S/C27H18Cl5F3N2O3/c1-37(25(40)27(33,34)35)18-5-2-13(3-6-18)8-21(38)19-12-17(4-7-20(19)30)36-24(39)23-22(26(23,31)32)14-9-15(28)11-16(29)10-14/h2-7,9-12,22-23H,8H2,1H3,(H,36,39). The van der Waals surface area contributed by atoms with Gasteiger partial charge in [0.15, 0.2) is 5.78 Å². The first-order valence-corrected chi connectivity index (χ1v) is 13.4. The van der Waals surface area contributed by atoms with Crippen molar-refractivity contribution in [3.8, 4) is 0 Å². The van der Waals surface area contributed by atoms with Crippen molar-refractivity contribution >= 4 is 87.0 Å². The van der Waals surface area contributed by atoms with E-state index >= 15 is 0 Å². The number of Topliss-reactive ketones (excluding diaryl/α,β-unsaturated/α-hetero) is 1. The second kappa shape index (κ2) is 11.4. The van der Waals surface area contributed by atoms with Gasteiger partial charge in [0.2, 0.25) is 5.91 Å². The van der Waals surface area contributed by atoms with Crippen molar-refractivity contribution in [3.63, 3.8) is 0 Å². The Kier molecular flexibility index (Phi) is 8.69. The molecular weight excluding hydrogens is 635 g/mol. The summed E-state index contributed by atoms with van der Waals surface area (Å²) in [5, 5.41) is 3.58. The molecule has 13 heteroatoms. The van der Waals surface area contributed by atoms with E-state index < -0.39 is 39.9 Å². The molecule has 2 atom stereocenters. The van der Waals surface area contributed by atoms with E-state index in [0.29, 0.717) is 26.1 Å². The average Bonchev–Trinajstić information content (AvgIpc) is 3.45. The Balaban J connectivity index is 1.45. The van der Waals surface area contributed by atoms with Gasteiger partial charge in [0.1, 0.15) is 4.33 Å².